The lowest BCUT2D eigenvalue weighted by Crippen LogP contribution is -2.50. The van der Waals surface area contributed by atoms with Gasteiger partial charge in [0.15, 0.2) is 0 Å². The SMILES string of the molecule is CCOC(=O)C(O)(Cc1ccccc1[N+](=O)[O-])C(=O)OCC. The number of para-hydroxylation sites is 1. The molecule has 0 aromatic heterocycles. The van der Waals surface area contributed by atoms with Crippen molar-refractivity contribution in [3.8, 4) is 0 Å². The third-order valence-electron chi connectivity index (χ3n) is 2.86. The van der Waals surface area contributed by atoms with E-state index >= 15 is 0 Å². The number of nitro groups is 1. The van der Waals surface area contributed by atoms with Crippen LogP contribution < -0.4 is 0 Å². The topological polar surface area (TPSA) is 116 Å². The highest BCUT2D eigenvalue weighted by Gasteiger charge is 2.48. The first kappa shape index (κ1) is 17.6. The van der Waals surface area contributed by atoms with Crippen LogP contribution in [0.1, 0.15) is 19.4 Å². The number of carbonyl (C=O) groups excluding carboxylic acids is 2. The van der Waals surface area contributed by atoms with E-state index in [1.807, 2.05) is 0 Å². The molecule has 0 radical (unpaired) electrons. The van der Waals surface area contributed by atoms with Gasteiger partial charge in [0.25, 0.3) is 11.3 Å². The van der Waals surface area contributed by atoms with Crippen LogP contribution in [0.2, 0.25) is 0 Å². The van der Waals surface area contributed by atoms with E-state index < -0.39 is 28.9 Å². The molecule has 0 aliphatic rings. The van der Waals surface area contributed by atoms with Crippen molar-refractivity contribution in [3.05, 3.63) is 39.9 Å². The van der Waals surface area contributed by atoms with E-state index in [0.717, 1.165) is 0 Å². The molecule has 0 spiro atoms. The van der Waals surface area contributed by atoms with Crippen LogP contribution in [0.25, 0.3) is 0 Å². The maximum atomic E-state index is 11.9. The second-order valence-corrected chi connectivity index (χ2v) is 4.36. The first-order chi connectivity index (χ1) is 10.4. The standard InChI is InChI=1S/C14H17NO7/c1-3-21-12(16)14(18,13(17)22-4-2)9-10-7-5-6-8-11(10)15(19)20/h5-8,18H,3-4,9H2,1-2H3. The Morgan fingerprint density at radius 1 is 1.18 bits per heavy atom. The maximum Gasteiger partial charge on any atom is 0.350 e. The Morgan fingerprint density at radius 3 is 2.14 bits per heavy atom. The normalized spacial score (nSPS) is 10.9. The molecular formula is C14H17NO7. The summed E-state index contributed by atoms with van der Waals surface area (Å²) < 4.78 is 9.37. The molecule has 0 heterocycles. The second kappa shape index (κ2) is 7.51. The van der Waals surface area contributed by atoms with Crippen LogP contribution in [0.3, 0.4) is 0 Å². The van der Waals surface area contributed by atoms with Crippen molar-refractivity contribution in [1.29, 1.82) is 0 Å². The minimum Gasteiger partial charge on any atom is -0.463 e. The predicted molar refractivity (Wildman–Crippen MR) is 75.0 cm³/mol. The van der Waals surface area contributed by atoms with Crippen molar-refractivity contribution < 1.29 is 29.1 Å². The first-order valence-corrected chi connectivity index (χ1v) is 6.65. The molecule has 1 aromatic carbocycles. The fraction of sp³-hybridized carbons (Fsp3) is 0.429. The summed E-state index contributed by atoms with van der Waals surface area (Å²) in [5.74, 6) is -2.40. The Labute approximate surface area is 126 Å². The zero-order valence-electron chi connectivity index (χ0n) is 12.3. The number of ether oxygens (including phenoxy) is 2. The van der Waals surface area contributed by atoms with Gasteiger partial charge in [-0.25, -0.2) is 9.59 Å². The van der Waals surface area contributed by atoms with Crippen molar-refractivity contribution in [2.45, 2.75) is 25.9 Å². The molecule has 22 heavy (non-hydrogen) atoms. The molecule has 0 saturated carbocycles. The molecule has 0 bridgehead atoms. The molecular weight excluding hydrogens is 294 g/mol. The summed E-state index contributed by atoms with van der Waals surface area (Å²) in [5, 5.41) is 21.4. The molecule has 0 unspecified atom stereocenters. The van der Waals surface area contributed by atoms with Crippen LogP contribution in [0, 0.1) is 10.1 Å². The van der Waals surface area contributed by atoms with Crippen molar-refractivity contribution in [1.82, 2.24) is 0 Å². The van der Waals surface area contributed by atoms with Gasteiger partial charge >= 0.3 is 11.9 Å². The fourth-order valence-corrected chi connectivity index (χ4v) is 1.84. The Balaban J connectivity index is 3.22. The molecule has 1 rings (SSSR count). The van der Waals surface area contributed by atoms with E-state index in [1.54, 1.807) is 0 Å². The number of carbonyl (C=O) groups is 2. The molecule has 8 heteroatoms. The lowest BCUT2D eigenvalue weighted by atomic mass is 9.93. The molecule has 0 aliphatic carbocycles. The Morgan fingerprint density at radius 2 is 1.68 bits per heavy atom. The minimum atomic E-state index is -2.63. The van der Waals surface area contributed by atoms with Gasteiger partial charge in [0.2, 0.25) is 0 Å². The van der Waals surface area contributed by atoms with Crippen LogP contribution in [0.15, 0.2) is 24.3 Å². The Hall–Kier alpha value is -2.48. The van der Waals surface area contributed by atoms with E-state index in [2.05, 4.69) is 9.47 Å². The highest BCUT2D eigenvalue weighted by molar-refractivity contribution is 6.03. The molecule has 0 aliphatic heterocycles. The number of nitro benzene ring substituents is 1. The molecule has 0 atom stereocenters. The van der Waals surface area contributed by atoms with Crippen LogP contribution in [0.4, 0.5) is 5.69 Å². The van der Waals surface area contributed by atoms with Gasteiger partial charge in [0.1, 0.15) is 0 Å². The van der Waals surface area contributed by atoms with Crippen LogP contribution in [0.5, 0.6) is 0 Å². The van der Waals surface area contributed by atoms with Crippen molar-refractivity contribution in [2.24, 2.45) is 0 Å². The molecule has 1 N–H and O–H groups in total. The summed E-state index contributed by atoms with van der Waals surface area (Å²) in [7, 11) is 0. The summed E-state index contributed by atoms with van der Waals surface area (Å²) in [4.78, 5) is 34.2. The number of rotatable bonds is 7. The number of hydrogen-bond donors (Lipinski definition) is 1. The van der Waals surface area contributed by atoms with E-state index in [9.17, 15) is 24.8 Å². The average molecular weight is 311 g/mol. The number of esters is 2. The third kappa shape index (κ3) is 3.79. The predicted octanol–water partition coefficient (Wildman–Crippen LogP) is 0.995. The average Bonchev–Trinajstić information content (AvgIpc) is 2.47. The maximum absolute atomic E-state index is 11.9. The Kier molecular flexibility index (Phi) is 6.00. The summed E-state index contributed by atoms with van der Waals surface area (Å²) in [6, 6.07) is 5.50. The Bertz CT molecular complexity index is 552. The van der Waals surface area contributed by atoms with Gasteiger partial charge in [-0.1, -0.05) is 18.2 Å². The largest absolute Gasteiger partial charge is 0.463 e. The van der Waals surface area contributed by atoms with Gasteiger partial charge in [0.05, 0.1) is 18.1 Å². The van der Waals surface area contributed by atoms with Gasteiger partial charge in [-0.15, -0.1) is 0 Å². The number of benzene rings is 1. The fourth-order valence-electron chi connectivity index (χ4n) is 1.84. The summed E-state index contributed by atoms with van der Waals surface area (Å²) in [5.41, 5.74) is -2.91. The quantitative estimate of drug-likeness (QED) is 0.345. The van der Waals surface area contributed by atoms with E-state index in [1.165, 1.54) is 38.1 Å². The third-order valence-corrected chi connectivity index (χ3v) is 2.86. The van der Waals surface area contributed by atoms with Gasteiger partial charge in [-0.2, -0.15) is 0 Å². The lowest BCUT2D eigenvalue weighted by molar-refractivity contribution is -0.385. The first-order valence-electron chi connectivity index (χ1n) is 6.65. The second-order valence-electron chi connectivity index (χ2n) is 4.36. The number of hydrogen-bond acceptors (Lipinski definition) is 7. The van der Waals surface area contributed by atoms with Gasteiger partial charge in [-0.05, 0) is 13.8 Å². The smallest absolute Gasteiger partial charge is 0.350 e. The zero-order chi connectivity index (χ0) is 16.8. The van der Waals surface area contributed by atoms with Crippen LogP contribution in [-0.2, 0) is 25.5 Å². The van der Waals surface area contributed by atoms with Crippen molar-refractivity contribution in [3.63, 3.8) is 0 Å². The highest BCUT2D eigenvalue weighted by Crippen LogP contribution is 2.25. The number of nitrogens with zero attached hydrogens (tertiary/aromatic N) is 1. The monoisotopic (exact) mass is 311 g/mol. The van der Waals surface area contributed by atoms with Gasteiger partial charge in [0, 0.05) is 18.1 Å². The molecule has 1 aromatic rings. The highest BCUT2D eigenvalue weighted by atomic mass is 16.6. The number of aliphatic hydroxyl groups is 1. The zero-order valence-corrected chi connectivity index (χ0v) is 12.3. The van der Waals surface area contributed by atoms with E-state index in [-0.39, 0.29) is 24.5 Å². The van der Waals surface area contributed by atoms with Gasteiger partial charge < -0.3 is 14.6 Å². The summed E-state index contributed by atoms with van der Waals surface area (Å²) in [6.07, 6.45) is -0.609. The molecule has 0 saturated heterocycles. The lowest BCUT2D eigenvalue weighted by Gasteiger charge is -2.23. The van der Waals surface area contributed by atoms with Crippen LogP contribution >= 0.6 is 0 Å². The van der Waals surface area contributed by atoms with Crippen molar-refractivity contribution >= 4 is 17.6 Å². The van der Waals surface area contributed by atoms with Crippen LogP contribution in [-0.4, -0.2) is 40.8 Å². The molecule has 0 amide bonds. The molecule has 120 valence electrons. The van der Waals surface area contributed by atoms with Crippen molar-refractivity contribution in [2.75, 3.05) is 13.2 Å². The van der Waals surface area contributed by atoms with E-state index in [0.29, 0.717) is 0 Å². The van der Waals surface area contributed by atoms with E-state index in [4.69, 9.17) is 0 Å². The summed E-state index contributed by atoms with van der Waals surface area (Å²) in [6.45, 7) is 2.90. The summed E-state index contributed by atoms with van der Waals surface area (Å²) >= 11 is 0. The molecule has 0 fully saturated rings. The molecule has 8 nitrogen and oxygen atoms in total. The van der Waals surface area contributed by atoms with Gasteiger partial charge in [-0.3, -0.25) is 10.1 Å². The minimum absolute atomic E-state index is 0.0242.